The number of carbonyl (C=O) groups excluding carboxylic acids is 1. The minimum Gasteiger partial charge on any atom is -0.481 e. The molecule has 2 aromatic carbocycles. The summed E-state index contributed by atoms with van der Waals surface area (Å²) in [5, 5.41) is 4.66. The molecule has 0 saturated carbocycles. The van der Waals surface area contributed by atoms with Crippen molar-refractivity contribution in [1.29, 1.82) is 0 Å². The molecule has 0 bridgehead atoms. The lowest BCUT2D eigenvalue weighted by molar-refractivity contribution is -0.127. The van der Waals surface area contributed by atoms with E-state index in [0.29, 0.717) is 33.8 Å². The number of hydrogen-bond acceptors (Lipinski definition) is 3. The second-order valence-corrected chi connectivity index (χ2v) is 7.92. The topological polar surface area (TPSA) is 38.3 Å². The van der Waals surface area contributed by atoms with Crippen LogP contribution in [0.1, 0.15) is 18.9 Å². The number of ether oxygens (including phenoxy) is 1. The van der Waals surface area contributed by atoms with Gasteiger partial charge in [0.05, 0.1) is 10.0 Å². The molecular formula is C19H20Cl3NO2S. The Kier molecular flexibility index (Phi) is 8.93. The van der Waals surface area contributed by atoms with Gasteiger partial charge in [-0.1, -0.05) is 47.8 Å². The number of nitrogens with one attached hydrogen (secondary N) is 1. The van der Waals surface area contributed by atoms with Crippen LogP contribution in [0.3, 0.4) is 0 Å². The summed E-state index contributed by atoms with van der Waals surface area (Å²) in [6, 6.07) is 12.6. The van der Waals surface area contributed by atoms with Crippen molar-refractivity contribution in [2.75, 3.05) is 12.3 Å². The van der Waals surface area contributed by atoms with Crippen LogP contribution in [-0.2, 0) is 10.5 Å². The van der Waals surface area contributed by atoms with E-state index >= 15 is 0 Å². The average molecular weight is 433 g/mol. The van der Waals surface area contributed by atoms with Gasteiger partial charge in [-0.2, -0.15) is 11.8 Å². The Morgan fingerprint density at radius 2 is 1.85 bits per heavy atom. The smallest absolute Gasteiger partial charge is 0.261 e. The molecule has 0 saturated heterocycles. The predicted octanol–water partition coefficient (Wildman–Crippen LogP) is 5.85. The van der Waals surface area contributed by atoms with E-state index in [1.165, 1.54) is 0 Å². The number of amides is 1. The molecule has 140 valence electrons. The van der Waals surface area contributed by atoms with E-state index in [2.05, 4.69) is 5.32 Å². The fourth-order valence-electron chi connectivity index (χ4n) is 2.18. The monoisotopic (exact) mass is 431 g/mol. The zero-order chi connectivity index (χ0) is 18.9. The van der Waals surface area contributed by atoms with E-state index < -0.39 is 6.10 Å². The first-order chi connectivity index (χ1) is 12.5. The van der Waals surface area contributed by atoms with Gasteiger partial charge >= 0.3 is 0 Å². The molecule has 0 heterocycles. The number of benzene rings is 2. The Morgan fingerprint density at radius 3 is 2.50 bits per heavy atom. The normalized spacial score (nSPS) is 11.8. The van der Waals surface area contributed by atoms with Gasteiger partial charge in [0, 0.05) is 23.1 Å². The largest absolute Gasteiger partial charge is 0.481 e. The molecule has 0 aromatic heterocycles. The van der Waals surface area contributed by atoms with Crippen LogP contribution < -0.4 is 10.1 Å². The van der Waals surface area contributed by atoms with Crippen molar-refractivity contribution >= 4 is 52.5 Å². The van der Waals surface area contributed by atoms with Gasteiger partial charge in [0.1, 0.15) is 5.75 Å². The number of halogens is 3. The zero-order valence-electron chi connectivity index (χ0n) is 14.3. The lowest BCUT2D eigenvalue weighted by Crippen LogP contribution is -2.39. The maximum atomic E-state index is 12.3. The van der Waals surface area contributed by atoms with E-state index in [9.17, 15) is 4.79 Å². The molecule has 1 N–H and O–H groups in total. The first-order valence-electron chi connectivity index (χ1n) is 8.21. The Bertz CT molecular complexity index is 725. The van der Waals surface area contributed by atoms with Crippen LogP contribution in [0.5, 0.6) is 5.75 Å². The van der Waals surface area contributed by atoms with Gasteiger partial charge in [-0.15, -0.1) is 0 Å². The maximum absolute atomic E-state index is 12.3. The fraction of sp³-hybridized carbons (Fsp3) is 0.316. The molecule has 0 spiro atoms. The van der Waals surface area contributed by atoms with Gasteiger partial charge < -0.3 is 10.1 Å². The van der Waals surface area contributed by atoms with Crippen LogP contribution in [0.4, 0.5) is 0 Å². The zero-order valence-corrected chi connectivity index (χ0v) is 17.4. The van der Waals surface area contributed by atoms with Crippen molar-refractivity contribution in [2.45, 2.75) is 25.2 Å². The highest BCUT2D eigenvalue weighted by Gasteiger charge is 2.17. The summed E-state index contributed by atoms with van der Waals surface area (Å²) < 4.78 is 5.73. The summed E-state index contributed by atoms with van der Waals surface area (Å²) in [6.07, 6.45) is 0.0708. The first kappa shape index (κ1) is 21.2. The minimum atomic E-state index is -0.517. The highest BCUT2D eigenvalue weighted by Crippen LogP contribution is 2.24. The van der Waals surface area contributed by atoms with Crippen molar-refractivity contribution in [3.8, 4) is 5.75 Å². The first-order valence-corrected chi connectivity index (χ1v) is 10.5. The molecule has 0 radical (unpaired) electrons. The summed E-state index contributed by atoms with van der Waals surface area (Å²) >= 11 is 19.5. The Morgan fingerprint density at radius 1 is 1.12 bits per heavy atom. The van der Waals surface area contributed by atoms with E-state index in [1.807, 2.05) is 19.1 Å². The van der Waals surface area contributed by atoms with Gasteiger partial charge in [0.25, 0.3) is 5.91 Å². The van der Waals surface area contributed by atoms with Crippen molar-refractivity contribution in [3.05, 3.63) is 63.1 Å². The molecule has 1 amide bonds. The standard InChI is InChI=1S/C19H20Cl3NO2S/c1-2-18(25-15-6-4-14(20)5-7-15)19(24)23-9-10-26-12-13-3-8-16(21)17(22)11-13/h3-8,11,18H,2,9-10,12H2,1H3,(H,23,24)/t18-/m1/s1. The second kappa shape index (κ2) is 10.9. The second-order valence-electron chi connectivity index (χ2n) is 5.56. The van der Waals surface area contributed by atoms with Crippen LogP contribution in [0.2, 0.25) is 15.1 Å². The van der Waals surface area contributed by atoms with Crippen molar-refractivity contribution in [1.82, 2.24) is 5.32 Å². The number of thioether (sulfide) groups is 1. The number of hydrogen-bond donors (Lipinski definition) is 1. The third kappa shape index (κ3) is 6.92. The van der Waals surface area contributed by atoms with Crippen molar-refractivity contribution in [2.24, 2.45) is 0 Å². The van der Waals surface area contributed by atoms with Crippen LogP contribution in [-0.4, -0.2) is 24.3 Å². The van der Waals surface area contributed by atoms with Crippen molar-refractivity contribution < 1.29 is 9.53 Å². The van der Waals surface area contributed by atoms with Crippen LogP contribution in [0.25, 0.3) is 0 Å². The van der Waals surface area contributed by atoms with E-state index in [0.717, 1.165) is 17.1 Å². The molecule has 0 aliphatic heterocycles. The highest BCUT2D eigenvalue weighted by atomic mass is 35.5. The molecule has 0 aliphatic carbocycles. The van der Waals surface area contributed by atoms with E-state index in [-0.39, 0.29) is 5.91 Å². The number of carbonyl (C=O) groups is 1. The average Bonchev–Trinajstić information content (AvgIpc) is 2.63. The molecule has 2 aromatic rings. The molecule has 7 heteroatoms. The summed E-state index contributed by atoms with van der Waals surface area (Å²) in [7, 11) is 0. The van der Waals surface area contributed by atoms with E-state index in [1.54, 1.807) is 42.1 Å². The van der Waals surface area contributed by atoms with Gasteiger partial charge in [0.15, 0.2) is 6.10 Å². The number of rotatable bonds is 9. The molecule has 0 fully saturated rings. The molecule has 0 unspecified atom stereocenters. The SMILES string of the molecule is CC[C@@H](Oc1ccc(Cl)cc1)C(=O)NCCSCc1ccc(Cl)c(Cl)c1. The molecular weight excluding hydrogens is 413 g/mol. The Labute approximate surface area is 173 Å². The summed E-state index contributed by atoms with van der Waals surface area (Å²) in [5.41, 5.74) is 1.10. The maximum Gasteiger partial charge on any atom is 0.261 e. The van der Waals surface area contributed by atoms with Crippen LogP contribution in [0.15, 0.2) is 42.5 Å². The van der Waals surface area contributed by atoms with Crippen LogP contribution >= 0.6 is 46.6 Å². The lowest BCUT2D eigenvalue weighted by atomic mass is 10.2. The lowest BCUT2D eigenvalue weighted by Gasteiger charge is -2.17. The molecule has 2 rings (SSSR count). The van der Waals surface area contributed by atoms with Gasteiger partial charge in [-0.05, 0) is 48.4 Å². The summed E-state index contributed by atoms with van der Waals surface area (Å²) in [4.78, 5) is 12.3. The van der Waals surface area contributed by atoms with Gasteiger partial charge in [0.2, 0.25) is 0 Å². The molecule has 3 nitrogen and oxygen atoms in total. The van der Waals surface area contributed by atoms with Crippen molar-refractivity contribution in [3.63, 3.8) is 0 Å². The molecule has 26 heavy (non-hydrogen) atoms. The quantitative estimate of drug-likeness (QED) is 0.505. The predicted molar refractivity (Wildman–Crippen MR) is 112 cm³/mol. The Hall–Kier alpha value is -1.07. The highest BCUT2D eigenvalue weighted by molar-refractivity contribution is 7.98. The van der Waals surface area contributed by atoms with E-state index in [4.69, 9.17) is 39.5 Å². The van der Waals surface area contributed by atoms with Gasteiger partial charge in [-0.3, -0.25) is 4.79 Å². The Balaban J connectivity index is 1.70. The summed E-state index contributed by atoms with van der Waals surface area (Å²) in [5.74, 6) is 2.12. The third-order valence-corrected chi connectivity index (χ3v) is 5.57. The summed E-state index contributed by atoms with van der Waals surface area (Å²) in [6.45, 7) is 2.49. The van der Waals surface area contributed by atoms with Crippen LogP contribution in [0, 0.1) is 0 Å². The van der Waals surface area contributed by atoms with Gasteiger partial charge in [-0.25, -0.2) is 0 Å². The molecule has 0 aliphatic rings. The third-order valence-electron chi connectivity index (χ3n) is 3.55. The fourth-order valence-corrected chi connectivity index (χ4v) is 3.43. The minimum absolute atomic E-state index is 0.113. The molecule has 1 atom stereocenters.